The first kappa shape index (κ1) is 18.8. The molecule has 27 heavy (non-hydrogen) atoms. The second kappa shape index (κ2) is 6.49. The molecule has 1 aromatic heterocycles. The summed E-state index contributed by atoms with van der Waals surface area (Å²) < 4.78 is 8.55. The van der Waals surface area contributed by atoms with E-state index in [1.54, 1.807) is 25.2 Å². The van der Waals surface area contributed by atoms with E-state index in [-0.39, 0.29) is 0 Å². The lowest BCUT2D eigenvalue weighted by Gasteiger charge is -2.37. The van der Waals surface area contributed by atoms with Crippen molar-refractivity contribution in [3.05, 3.63) is 53.6 Å². The van der Waals surface area contributed by atoms with Crippen molar-refractivity contribution >= 4 is 66.8 Å². The Morgan fingerprint density at radius 1 is 0.963 bits per heavy atom. The lowest BCUT2D eigenvalue weighted by molar-refractivity contribution is -0.0893. The van der Waals surface area contributed by atoms with Gasteiger partial charge in [-0.3, -0.25) is 0 Å². The molecule has 1 heterocycles. The van der Waals surface area contributed by atoms with Crippen molar-refractivity contribution in [2.24, 2.45) is 0 Å². The van der Waals surface area contributed by atoms with Gasteiger partial charge in [0.2, 0.25) is 0 Å². The van der Waals surface area contributed by atoms with Gasteiger partial charge in [0.15, 0.2) is 0 Å². The average molecular weight is 397 g/mol. The van der Waals surface area contributed by atoms with Crippen LogP contribution in [0.4, 0.5) is 0 Å². The molecule has 0 fully saturated rings. The van der Waals surface area contributed by atoms with Crippen LogP contribution in [-0.2, 0) is 4.65 Å². The highest BCUT2D eigenvalue weighted by Gasteiger charge is 2.35. The monoisotopic (exact) mass is 396 g/mol. The quantitative estimate of drug-likeness (QED) is 0.468. The molecular formula is C22H22BClO2S. The summed E-state index contributed by atoms with van der Waals surface area (Å²) in [6, 6.07) is 16.9. The average Bonchev–Trinajstić information content (AvgIpc) is 2.93. The maximum atomic E-state index is 10.4. The first-order valence-corrected chi connectivity index (χ1v) is 10.2. The number of hydrogen-bond acceptors (Lipinski definition) is 3. The van der Waals surface area contributed by atoms with E-state index in [1.807, 2.05) is 26.0 Å². The van der Waals surface area contributed by atoms with Gasteiger partial charge < -0.3 is 9.76 Å². The van der Waals surface area contributed by atoms with Gasteiger partial charge in [-0.05, 0) is 73.6 Å². The molecule has 3 aromatic carbocycles. The van der Waals surface area contributed by atoms with Gasteiger partial charge in [-0.15, -0.1) is 11.3 Å². The lowest BCUT2D eigenvalue weighted by Crippen LogP contribution is -2.49. The third-order valence-electron chi connectivity index (χ3n) is 5.55. The van der Waals surface area contributed by atoms with Gasteiger partial charge in [0.25, 0.3) is 0 Å². The van der Waals surface area contributed by atoms with E-state index in [0.717, 1.165) is 10.2 Å². The summed E-state index contributed by atoms with van der Waals surface area (Å²) in [4.78, 5) is 0. The Hall–Kier alpha value is -1.59. The smallest absolute Gasteiger partial charge is 0.310 e. The predicted molar refractivity (Wildman–Crippen MR) is 120 cm³/mol. The minimum atomic E-state index is -0.947. The second-order valence-corrected chi connectivity index (χ2v) is 9.61. The molecule has 1 N–H and O–H groups in total. The molecule has 4 aromatic rings. The first-order chi connectivity index (χ1) is 12.7. The fourth-order valence-electron chi connectivity index (χ4n) is 3.19. The normalized spacial score (nSPS) is 13.0. The molecule has 0 aliphatic rings. The zero-order valence-electron chi connectivity index (χ0n) is 16.0. The Balaban J connectivity index is 1.88. The van der Waals surface area contributed by atoms with Crippen molar-refractivity contribution in [2.75, 3.05) is 0 Å². The summed E-state index contributed by atoms with van der Waals surface area (Å²) >= 11 is 8.15. The maximum Gasteiger partial charge on any atom is 0.310 e. The van der Waals surface area contributed by atoms with Crippen molar-refractivity contribution in [3.63, 3.8) is 0 Å². The Bertz CT molecular complexity index is 1160. The van der Waals surface area contributed by atoms with Crippen LogP contribution in [0.15, 0.2) is 48.5 Å². The molecule has 0 amide bonds. The Labute approximate surface area is 169 Å². The summed E-state index contributed by atoms with van der Waals surface area (Å²) in [7, 11) is 0.396. The highest BCUT2D eigenvalue weighted by Crippen LogP contribution is 2.37. The van der Waals surface area contributed by atoms with E-state index >= 15 is 0 Å². The number of fused-ring (bicyclic) bond motifs is 4. The zero-order chi connectivity index (χ0) is 19.4. The van der Waals surface area contributed by atoms with Crippen LogP contribution in [0.25, 0.3) is 30.9 Å². The summed E-state index contributed by atoms with van der Waals surface area (Å²) in [5, 5.41) is 16.0. The predicted octanol–water partition coefficient (Wildman–Crippen LogP) is 5.40. The maximum absolute atomic E-state index is 10.4. The molecule has 0 atom stereocenters. The number of hydrogen-bond donors (Lipinski definition) is 1. The van der Waals surface area contributed by atoms with Gasteiger partial charge in [0.1, 0.15) is 0 Å². The minimum absolute atomic E-state index is 0.396. The third-order valence-corrected chi connectivity index (χ3v) is 6.87. The van der Waals surface area contributed by atoms with Crippen LogP contribution in [0, 0.1) is 0 Å². The summed E-state index contributed by atoms with van der Waals surface area (Å²) in [5.74, 6) is 0. The van der Waals surface area contributed by atoms with E-state index in [1.165, 1.54) is 26.2 Å². The molecule has 0 radical (unpaired) electrons. The molecule has 0 saturated heterocycles. The van der Waals surface area contributed by atoms with Crippen LogP contribution in [0.2, 0.25) is 5.02 Å². The van der Waals surface area contributed by atoms with E-state index in [9.17, 15) is 5.11 Å². The molecule has 138 valence electrons. The molecule has 4 rings (SSSR count). The van der Waals surface area contributed by atoms with Gasteiger partial charge in [-0.25, -0.2) is 0 Å². The van der Waals surface area contributed by atoms with Gasteiger partial charge >= 0.3 is 7.48 Å². The standard InChI is InChI=1S/C22H22BClO2S/c1-21(2,25)22(3,4)26-23-17-11-15(24)12-19-20(17)16-9-13-7-5-6-8-14(13)10-18(16)27-19/h5-12,23,25H,1-4H3. The Kier molecular flexibility index (Phi) is 4.51. The number of thiophene rings is 1. The number of benzene rings is 3. The highest BCUT2D eigenvalue weighted by molar-refractivity contribution is 7.26. The molecule has 5 heteroatoms. The van der Waals surface area contributed by atoms with Crippen molar-refractivity contribution in [1.82, 2.24) is 0 Å². The Morgan fingerprint density at radius 2 is 1.63 bits per heavy atom. The van der Waals surface area contributed by atoms with E-state index in [4.69, 9.17) is 16.3 Å². The molecule has 0 unspecified atom stereocenters. The van der Waals surface area contributed by atoms with Crippen molar-refractivity contribution in [2.45, 2.75) is 38.9 Å². The van der Waals surface area contributed by atoms with Crippen LogP contribution in [0.3, 0.4) is 0 Å². The molecule has 0 saturated carbocycles. The molecule has 2 nitrogen and oxygen atoms in total. The zero-order valence-corrected chi connectivity index (χ0v) is 17.5. The van der Waals surface area contributed by atoms with E-state index < -0.39 is 11.2 Å². The SMILES string of the molecule is CC(C)(O)C(C)(C)OBc1cc(Cl)cc2sc3cc4ccccc4cc3c12. The largest absolute Gasteiger partial charge is 0.427 e. The van der Waals surface area contributed by atoms with Gasteiger partial charge in [-0.1, -0.05) is 35.9 Å². The molecule has 0 bridgehead atoms. The van der Waals surface area contributed by atoms with Crippen molar-refractivity contribution in [1.29, 1.82) is 0 Å². The number of rotatable bonds is 4. The summed E-state index contributed by atoms with van der Waals surface area (Å²) in [6.45, 7) is 7.36. The van der Waals surface area contributed by atoms with Gasteiger partial charge in [0, 0.05) is 19.8 Å². The number of aliphatic hydroxyl groups is 1. The van der Waals surface area contributed by atoms with Crippen LogP contribution in [0.5, 0.6) is 0 Å². The molecular weight excluding hydrogens is 375 g/mol. The Morgan fingerprint density at radius 3 is 2.30 bits per heavy atom. The fourth-order valence-corrected chi connectivity index (χ4v) is 4.72. The first-order valence-electron chi connectivity index (χ1n) is 9.05. The minimum Gasteiger partial charge on any atom is -0.427 e. The highest BCUT2D eigenvalue weighted by atomic mass is 35.5. The summed E-state index contributed by atoms with van der Waals surface area (Å²) in [6.07, 6.45) is 0. The van der Waals surface area contributed by atoms with Gasteiger partial charge in [-0.2, -0.15) is 0 Å². The lowest BCUT2D eigenvalue weighted by atomic mass is 9.80. The van der Waals surface area contributed by atoms with Crippen molar-refractivity contribution in [3.8, 4) is 0 Å². The van der Waals surface area contributed by atoms with E-state index in [0.29, 0.717) is 12.5 Å². The van der Waals surface area contributed by atoms with Crippen LogP contribution < -0.4 is 5.46 Å². The molecule has 0 aliphatic heterocycles. The van der Waals surface area contributed by atoms with E-state index in [2.05, 4.69) is 36.4 Å². The third kappa shape index (κ3) is 3.36. The topological polar surface area (TPSA) is 29.5 Å². The van der Waals surface area contributed by atoms with Gasteiger partial charge in [0.05, 0.1) is 11.2 Å². The second-order valence-electron chi connectivity index (χ2n) is 8.09. The van der Waals surface area contributed by atoms with Crippen LogP contribution in [0.1, 0.15) is 27.7 Å². The summed E-state index contributed by atoms with van der Waals surface area (Å²) in [5.41, 5.74) is -0.575. The van der Waals surface area contributed by atoms with Crippen molar-refractivity contribution < 1.29 is 9.76 Å². The number of halogens is 1. The molecule has 0 aliphatic carbocycles. The van der Waals surface area contributed by atoms with Crippen LogP contribution in [-0.4, -0.2) is 23.8 Å². The van der Waals surface area contributed by atoms with Crippen LogP contribution >= 0.6 is 22.9 Å². The molecule has 0 spiro atoms. The fraction of sp³-hybridized carbons (Fsp3) is 0.273.